The van der Waals surface area contributed by atoms with Crippen LogP contribution in [0.4, 0.5) is 0 Å². The van der Waals surface area contributed by atoms with E-state index < -0.39 is 0 Å². The summed E-state index contributed by atoms with van der Waals surface area (Å²) in [4.78, 5) is 22.3. The molecule has 0 atom stereocenters. The van der Waals surface area contributed by atoms with Crippen molar-refractivity contribution in [3.63, 3.8) is 0 Å². The number of nitrogens with zero attached hydrogens (tertiary/aromatic N) is 1. The third kappa shape index (κ3) is 14.4. The Morgan fingerprint density at radius 2 is 1.83 bits per heavy atom. The molecule has 0 saturated heterocycles. The summed E-state index contributed by atoms with van der Waals surface area (Å²) >= 11 is 0. The molecule has 0 saturated carbocycles. The van der Waals surface area contributed by atoms with E-state index in [2.05, 4.69) is 32.3 Å². The molecule has 0 aromatic rings. The molecule has 1 N–H and O–H groups in total. The van der Waals surface area contributed by atoms with E-state index in [1.54, 1.807) is 14.1 Å². The van der Waals surface area contributed by atoms with E-state index in [0.29, 0.717) is 12.5 Å². The van der Waals surface area contributed by atoms with E-state index in [-0.39, 0.29) is 18.5 Å². The molecular weight excluding hydrogens is 232 g/mol. The van der Waals surface area contributed by atoms with E-state index in [1.807, 2.05) is 0 Å². The number of nitrogens with one attached hydrogen (secondary N) is 1. The predicted octanol–water partition coefficient (Wildman–Crippen LogP) is 1.18. The molecule has 0 radical (unpaired) electrons. The summed E-state index contributed by atoms with van der Waals surface area (Å²) in [5.74, 6) is 0.240. The van der Waals surface area contributed by atoms with Crippen LogP contribution in [0.15, 0.2) is 25.3 Å². The smallest absolute Gasteiger partial charge is 0.245 e. The molecule has 18 heavy (non-hydrogen) atoms. The largest absolute Gasteiger partial charge is 0.361 e. The zero-order chi connectivity index (χ0) is 14.6. The fourth-order valence-electron chi connectivity index (χ4n) is 0.672. The normalized spacial score (nSPS) is 8.94. The van der Waals surface area contributed by atoms with E-state index in [1.165, 1.54) is 17.1 Å². The van der Waals surface area contributed by atoms with Crippen LogP contribution in [-0.2, 0) is 14.3 Å². The monoisotopic (exact) mass is 256 g/mol. The molecule has 0 aliphatic carbocycles. The summed E-state index contributed by atoms with van der Waals surface area (Å²) in [6.07, 6.45) is 2.50. The van der Waals surface area contributed by atoms with Crippen LogP contribution in [0, 0.1) is 5.92 Å². The van der Waals surface area contributed by atoms with Gasteiger partial charge in [0.1, 0.15) is 6.73 Å². The number of hydrogen-bond donors (Lipinski definition) is 1. The van der Waals surface area contributed by atoms with Crippen molar-refractivity contribution in [3.8, 4) is 0 Å². The van der Waals surface area contributed by atoms with Gasteiger partial charge in [0.25, 0.3) is 0 Å². The molecule has 2 amide bonds. The van der Waals surface area contributed by atoms with Gasteiger partial charge in [-0.05, 0) is 18.1 Å². The molecule has 0 bridgehead atoms. The van der Waals surface area contributed by atoms with Gasteiger partial charge in [0, 0.05) is 14.1 Å². The zero-order valence-electron chi connectivity index (χ0n) is 11.7. The number of amides is 2. The second-order valence-electron chi connectivity index (χ2n) is 4.09. The van der Waals surface area contributed by atoms with E-state index in [9.17, 15) is 9.59 Å². The Kier molecular flexibility index (Phi) is 12.3. The SMILES string of the molecule is C=CC(=O)N(C)C.C=CC(=O)NCOCC(C)C. The Bertz CT molecular complexity index is 273. The second-order valence-corrected chi connectivity index (χ2v) is 4.09. The maximum Gasteiger partial charge on any atom is 0.245 e. The maximum atomic E-state index is 10.5. The van der Waals surface area contributed by atoms with Gasteiger partial charge in [-0.3, -0.25) is 9.59 Å². The zero-order valence-corrected chi connectivity index (χ0v) is 11.7. The van der Waals surface area contributed by atoms with Gasteiger partial charge >= 0.3 is 0 Å². The minimum absolute atomic E-state index is 0.0556. The fourth-order valence-corrected chi connectivity index (χ4v) is 0.672. The first-order valence-corrected chi connectivity index (χ1v) is 5.66. The molecule has 5 heteroatoms. The summed E-state index contributed by atoms with van der Waals surface area (Å²) in [7, 11) is 3.37. The highest BCUT2D eigenvalue weighted by Gasteiger charge is 1.94. The maximum absolute atomic E-state index is 10.5. The van der Waals surface area contributed by atoms with Crippen molar-refractivity contribution < 1.29 is 14.3 Å². The summed E-state index contributed by atoms with van der Waals surface area (Å²) in [6, 6.07) is 0. The van der Waals surface area contributed by atoms with E-state index in [0.717, 1.165) is 0 Å². The molecule has 0 heterocycles. The highest BCUT2D eigenvalue weighted by molar-refractivity contribution is 5.86. The van der Waals surface area contributed by atoms with Crippen molar-refractivity contribution in [1.29, 1.82) is 0 Å². The average molecular weight is 256 g/mol. The van der Waals surface area contributed by atoms with Crippen molar-refractivity contribution in [1.82, 2.24) is 10.2 Å². The first-order chi connectivity index (χ1) is 8.34. The molecule has 0 aliphatic rings. The van der Waals surface area contributed by atoms with Crippen LogP contribution < -0.4 is 5.32 Å². The van der Waals surface area contributed by atoms with Crippen LogP contribution in [0.25, 0.3) is 0 Å². The van der Waals surface area contributed by atoms with Crippen LogP contribution in [0.2, 0.25) is 0 Å². The van der Waals surface area contributed by atoms with Crippen LogP contribution in [0.1, 0.15) is 13.8 Å². The van der Waals surface area contributed by atoms with Crippen LogP contribution in [0.5, 0.6) is 0 Å². The minimum atomic E-state index is -0.200. The Morgan fingerprint density at radius 1 is 1.28 bits per heavy atom. The van der Waals surface area contributed by atoms with Gasteiger partial charge in [-0.25, -0.2) is 0 Å². The number of ether oxygens (including phenoxy) is 1. The summed E-state index contributed by atoms with van der Waals surface area (Å²) in [5, 5.41) is 2.51. The Morgan fingerprint density at radius 3 is 2.11 bits per heavy atom. The summed E-state index contributed by atoms with van der Waals surface area (Å²) in [5.41, 5.74) is 0. The Balaban J connectivity index is 0. The molecule has 0 rings (SSSR count). The van der Waals surface area contributed by atoms with Crippen molar-refractivity contribution in [2.45, 2.75) is 13.8 Å². The predicted molar refractivity (Wildman–Crippen MR) is 72.9 cm³/mol. The number of carbonyl (C=O) groups is 2. The molecular formula is C13H24N2O3. The first-order valence-electron chi connectivity index (χ1n) is 5.66. The standard InChI is InChI=1S/C8H15NO2.C5H9NO/c1-4-8(10)9-6-11-5-7(2)3;1-4-5(7)6(2)3/h4,7H,1,5-6H2,2-3H3,(H,9,10);4H,1H2,2-3H3. The van der Waals surface area contributed by atoms with Gasteiger partial charge in [0.2, 0.25) is 11.8 Å². The number of rotatable bonds is 6. The number of likely N-dealkylation sites (N-methyl/N-ethyl adjacent to an activating group) is 1. The molecule has 0 aliphatic heterocycles. The van der Waals surface area contributed by atoms with E-state index in [4.69, 9.17) is 4.74 Å². The lowest BCUT2D eigenvalue weighted by Gasteiger charge is -2.06. The topological polar surface area (TPSA) is 58.6 Å². The molecule has 0 unspecified atom stereocenters. The molecule has 0 spiro atoms. The van der Waals surface area contributed by atoms with Gasteiger partial charge < -0.3 is 15.0 Å². The summed E-state index contributed by atoms with van der Waals surface area (Å²) < 4.78 is 5.09. The lowest BCUT2D eigenvalue weighted by Crippen LogP contribution is -2.24. The highest BCUT2D eigenvalue weighted by atomic mass is 16.5. The van der Waals surface area contributed by atoms with Crippen LogP contribution in [0.3, 0.4) is 0 Å². The number of hydrogen-bond acceptors (Lipinski definition) is 3. The quantitative estimate of drug-likeness (QED) is 0.441. The average Bonchev–Trinajstić information content (AvgIpc) is 2.33. The van der Waals surface area contributed by atoms with Crippen LogP contribution >= 0.6 is 0 Å². The van der Waals surface area contributed by atoms with Gasteiger partial charge in [-0.15, -0.1) is 0 Å². The van der Waals surface area contributed by atoms with Gasteiger partial charge in [-0.1, -0.05) is 27.0 Å². The van der Waals surface area contributed by atoms with Crippen molar-refractivity contribution in [2.75, 3.05) is 27.4 Å². The van der Waals surface area contributed by atoms with E-state index >= 15 is 0 Å². The lowest BCUT2D eigenvalue weighted by molar-refractivity contribution is -0.123. The molecule has 5 nitrogen and oxygen atoms in total. The molecule has 104 valence electrons. The van der Waals surface area contributed by atoms with Crippen LogP contribution in [-0.4, -0.2) is 44.1 Å². The fraction of sp³-hybridized carbons (Fsp3) is 0.538. The molecule has 0 aromatic heterocycles. The van der Waals surface area contributed by atoms with Gasteiger partial charge in [0.05, 0.1) is 6.61 Å². The molecule has 0 fully saturated rings. The second kappa shape index (κ2) is 11.9. The Labute approximate surface area is 109 Å². The van der Waals surface area contributed by atoms with Gasteiger partial charge in [0.15, 0.2) is 0 Å². The molecule has 0 aromatic carbocycles. The third-order valence-corrected chi connectivity index (χ3v) is 1.60. The van der Waals surface area contributed by atoms with Gasteiger partial charge in [-0.2, -0.15) is 0 Å². The Hall–Kier alpha value is -1.62. The number of carbonyl (C=O) groups excluding carboxylic acids is 2. The first kappa shape index (κ1) is 18.7. The highest BCUT2D eigenvalue weighted by Crippen LogP contribution is 1.90. The third-order valence-electron chi connectivity index (χ3n) is 1.60. The van der Waals surface area contributed by atoms with Crippen molar-refractivity contribution >= 4 is 11.8 Å². The van der Waals surface area contributed by atoms with Crippen molar-refractivity contribution in [2.24, 2.45) is 5.92 Å². The van der Waals surface area contributed by atoms with Crippen molar-refractivity contribution in [3.05, 3.63) is 25.3 Å². The lowest BCUT2D eigenvalue weighted by atomic mass is 10.2. The minimum Gasteiger partial charge on any atom is -0.361 e. The summed E-state index contributed by atoms with van der Waals surface area (Å²) in [6.45, 7) is 11.6.